The van der Waals surface area contributed by atoms with Crippen molar-refractivity contribution >= 4 is 21.6 Å². The van der Waals surface area contributed by atoms with Crippen molar-refractivity contribution in [1.29, 1.82) is 0 Å². The summed E-state index contributed by atoms with van der Waals surface area (Å²) in [5.41, 5.74) is 1.67. The summed E-state index contributed by atoms with van der Waals surface area (Å²) in [6.45, 7) is 2.30. The Hall–Kier alpha value is -3.26. The number of rotatable bonds is 9. The zero-order chi connectivity index (χ0) is 22.4. The predicted molar refractivity (Wildman–Crippen MR) is 119 cm³/mol. The molecule has 0 spiro atoms. The molecule has 1 amide bonds. The van der Waals surface area contributed by atoms with E-state index in [2.05, 4.69) is 5.32 Å². The number of hydrogen-bond donors (Lipinski definition) is 1. The van der Waals surface area contributed by atoms with Gasteiger partial charge < -0.3 is 14.5 Å². The van der Waals surface area contributed by atoms with E-state index in [4.69, 9.17) is 9.15 Å². The van der Waals surface area contributed by atoms with Gasteiger partial charge in [-0.1, -0.05) is 0 Å². The van der Waals surface area contributed by atoms with E-state index in [1.807, 2.05) is 12.1 Å². The van der Waals surface area contributed by atoms with Gasteiger partial charge in [-0.15, -0.1) is 0 Å². The molecule has 0 aliphatic carbocycles. The molecule has 0 unspecified atom stereocenters. The van der Waals surface area contributed by atoms with Gasteiger partial charge in [-0.2, -0.15) is 0 Å². The first-order chi connectivity index (χ1) is 14.8. The van der Waals surface area contributed by atoms with Gasteiger partial charge in [0.25, 0.3) is 15.9 Å². The fourth-order valence-corrected chi connectivity index (χ4v) is 4.47. The van der Waals surface area contributed by atoms with E-state index < -0.39 is 10.0 Å². The fourth-order valence-electron chi connectivity index (χ4n) is 3.21. The highest BCUT2D eigenvalue weighted by Crippen LogP contribution is 2.27. The van der Waals surface area contributed by atoms with E-state index in [1.54, 1.807) is 43.5 Å². The summed E-state index contributed by atoms with van der Waals surface area (Å²) in [6.07, 6.45) is 3.14. The number of amides is 1. The fraction of sp³-hybridized carbons (Fsp3) is 0.261. The number of furan rings is 1. The van der Waals surface area contributed by atoms with Gasteiger partial charge in [0.15, 0.2) is 0 Å². The number of nitrogens with zero attached hydrogens (tertiary/aromatic N) is 1. The van der Waals surface area contributed by atoms with Crippen LogP contribution in [0, 0.1) is 6.92 Å². The number of nitrogens with one attached hydrogen (secondary N) is 1. The molecule has 0 fully saturated rings. The summed E-state index contributed by atoms with van der Waals surface area (Å²) in [4.78, 5) is 12.6. The maximum Gasteiger partial charge on any atom is 0.264 e. The van der Waals surface area contributed by atoms with Crippen LogP contribution < -0.4 is 14.4 Å². The third kappa shape index (κ3) is 5.27. The van der Waals surface area contributed by atoms with Crippen molar-refractivity contribution < 1.29 is 22.4 Å². The van der Waals surface area contributed by atoms with Gasteiger partial charge in [-0.25, -0.2) is 8.42 Å². The molecule has 8 heteroatoms. The van der Waals surface area contributed by atoms with E-state index in [1.165, 1.54) is 30.6 Å². The Bertz CT molecular complexity index is 1120. The lowest BCUT2D eigenvalue weighted by Crippen LogP contribution is -2.28. The molecule has 0 saturated heterocycles. The van der Waals surface area contributed by atoms with Crippen molar-refractivity contribution in [3.63, 3.8) is 0 Å². The summed E-state index contributed by atoms with van der Waals surface area (Å²) >= 11 is 0. The maximum atomic E-state index is 13.0. The molecule has 164 valence electrons. The molecule has 0 atom stereocenters. The van der Waals surface area contributed by atoms with Crippen molar-refractivity contribution in [3.05, 3.63) is 77.7 Å². The van der Waals surface area contributed by atoms with Crippen LogP contribution in [-0.4, -0.2) is 35.0 Å². The van der Waals surface area contributed by atoms with Crippen molar-refractivity contribution in [3.8, 4) is 5.75 Å². The summed E-state index contributed by atoms with van der Waals surface area (Å²) in [5.74, 6) is 1.27. The molecule has 0 saturated carbocycles. The minimum absolute atomic E-state index is 0.161. The summed E-state index contributed by atoms with van der Waals surface area (Å²) in [6, 6.07) is 14.9. The number of methoxy groups -OCH3 is 1. The quantitative estimate of drug-likeness (QED) is 0.510. The average molecular weight is 443 g/mol. The monoisotopic (exact) mass is 442 g/mol. The standard InChI is InChI=1S/C23H26N2O5S/c1-17-16-18(23(26)24-14-4-6-20-7-5-15-30-20)8-13-22(17)25(2)31(27,28)21-11-9-19(29-3)10-12-21/h5,7-13,15-16H,4,6,14H2,1-3H3,(H,24,26). The van der Waals surface area contributed by atoms with Crippen molar-refractivity contribution in [1.82, 2.24) is 5.32 Å². The first kappa shape index (κ1) is 22.4. The minimum atomic E-state index is -3.74. The Morgan fingerprint density at radius 1 is 1.13 bits per heavy atom. The second-order valence-corrected chi connectivity index (χ2v) is 9.06. The molecule has 0 aliphatic rings. The van der Waals surface area contributed by atoms with Crippen molar-refractivity contribution in [2.75, 3.05) is 25.0 Å². The van der Waals surface area contributed by atoms with Crippen LogP contribution in [0.15, 0.2) is 70.2 Å². The van der Waals surface area contributed by atoms with Crippen LogP contribution in [0.5, 0.6) is 5.75 Å². The van der Waals surface area contributed by atoms with E-state index >= 15 is 0 Å². The number of sulfonamides is 1. The second kappa shape index (κ2) is 9.70. The number of anilines is 1. The molecule has 2 aromatic carbocycles. The number of hydrogen-bond acceptors (Lipinski definition) is 5. The molecule has 1 aromatic heterocycles. The SMILES string of the molecule is COc1ccc(S(=O)(=O)N(C)c2ccc(C(=O)NCCCc3ccco3)cc2C)cc1. The zero-order valence-corrected chi connectivity index (χ0v) is 18.6. The van der Waals surface area contributed by atoms with Crippen LogP contribution in [-0.2, 0) is 16.4 Å². The third-order valence-electron chi connectivity index (χ3n) is 4.98. The van der Waals surface area contributed by atoms with Gasteiger partial charge >= 0.3 is 0 Å². The molecule has 0 aliphatic heterocycles. The van der Waals surface area contributed by atoms with Crippen LogP contribution in [0.25, 0.3) is 0 Å². The third-order valence-corrected chi connectivity index (χ3v) is 6.77. The van der Waals surface area contributed by atoms with Crippen LogP contribution in [0.3, 0.4) is 0 Å². The van der Waals surface area contributed by atoms with Crippen molar-refractivity contribution in [2.45, 2.75) is 24.7 Å². The van der Waals surface area contributed by atoms with Gasteiger partial charge in [0, 0.05) is 25.6 Å². The number of carbonyl (C=O) groups excluding carboxylic acids is 1. The van der Waals surface area contributed by atoms with Crippen LogP contribution >= 0.6 is 0 Å². The van der Waals surface area contributed by atoms with Crippen LogP contribution in [0.2, 0.25) is 0 Å². The topological polar surface area (TPSA) is 88.9 Å². The number of aryl methyl sites for hydroxylation is 2. The first-order valence-electron chi connectivity index (χ1n) is 9.87. The smallest absolute Gasteiger partial charge is 0.264 e. The summed E-state index contributed by atoms with van der Waals surface area (Å²) in [7, 11) is -0.723. The maximum absolute atomic E-state index is 13.0. The lowest BCUT2D eigenvalue weighted by Gasteiger charge is -2.22. The van der Waals surface area contributed by atoms with Gasteiger partial charge in [0.05, 0.1) is 24.0 Å². The van der Waals surface area contributed by atoms with Gasteiger partial charge in [0.1, 0.15) is 11.5 Å². The first-order valence-corrected chi connectivity index (χ1v) is 11.3. The van der Waals surface area contributed by atoms with Gasteiger partial charge in [-0.3, -0.25) is 9.10 Å². The van der Waals surface area contributed by atoms with Gasteiger partial charge in [-0.05, 0) is 73.5 Å². The minimum Gasteiger partial charge on any atom is -0.497 e. The lowest BCUT2D eigenvalue weighted by molar-refractivity contribution is 0.0953. The molecule has 31 heavy (non-hydrogen) atoms. The Labute approximate surface area is 182 Å². The van der Waals surface area contributed by atoms with E-state index in [0.29, 0.717) is 29.1 Å². The molecule has 1 N–H and O–H groups in total. The highest BCUT2D eigenvalue weighted by atomic mass is 32.2. The predicted octanol–water partition coefficient (Wildman–Crippen LogP) is 3.78. The molecule has 0 radical (unpaired) electrons. The van der Waals surface area contributed by atoms with Crippen LogP contribution in [0.1, 0.15) is 28.1 Å². The van der Waals surface area contributed by atoms with E-state index in [-0.39, 0.29) is 10.8 Å². The average Bonchev–Trinajstić information content (AvgIpc) is 3.29. The van der Waals surface area contributed by atoms with Crippen LogP contribution in [0.4, 0.5) is 5.69 Å². The summed E-state index contributed by atoms with van der Waals surface area (Å²) < 4.78 is 37.5. The van der Waals surface area contributed by atoms with Gasteiger partial charge in [0.2, 0.25) is 0 Å². The Kier molecular flexibility index (Phi) is 7.02. The number of ether oxygens (including phenoxy) is 1. The molecule has 7 nitrogen and oxygen atoms in total. The summed E-state index contributed by atoms with van der Waals surface area (Å²) in [5, 5.41) is 2.88. The Balaban J connectivity index is 1.66. The van der Waals surface area contributed by atoms with E-state index in [0.717, 1.165) is 18.6 Å². The van der Waals surface area contributed by atoms with E-state index in [9.17, 15) is 13.2 Å². The molecule has 3 rings (SSSR count). The normalized spacial score (nSPS) is 11.2. The zero-order valence-electron chi connectivity index (χ0n) is 17.8. The second-order valence-electron chi connectivity index (χ2n) is 7.09. The molecular formula is C23H26N2O5S. The molecular weight excluding hydrogens is 416 g/mol. The number of benzene rings is 2. The molecule has 3 aromatic rings. The molecule has 1 heterocycles. The molecule has 0 bridgehead atoms. The Morgan fingerprint density at radius 3 is 2.48 bits per heavy atom. The highest BCUT2D eigenvalue weighted by molar-refractivity contribution is 7.92. The largest absolute Gasteiger partial charge is 0.497 e. The Morgan fingerprint density at radius 2 is 1.87 bits per heavy atom. The number of carbonyl (C=O) groups is 1. The lowest BCUT2D eigenvalue weighted by atomic mass is 10.1. The highest BCUT2D eigenvalue weighted by Gasteiger charge is 2.23. The van der Waals surface area contributed by atoms with Crippen molar-refractivity contribution in [2.24, 2.45) is 0 Å².